The monoisotopic (exact) mass is 227 g/mol. The topological polar surface area (TPSA) is 54.9 Å². The van der Waals surface area contributed by atoms with E-state index < -0.39 is 0 Å². The van der Waals surface area contributed by atoms with Gasteiger partial charge in [0.2, 0.25) is 5.91 Å². The van der Waals surface area contributed by atoms with Gasteiger partial charge in [-0.2, -0.15) is 0 Å². The summed E-state index contributed by atoms with van der Waals surface area (Å²) in [6, 6.07) is 9.31. The summed E-state index contributed by atoms with van der Waals surface area (Å²) in [6.45, 7) is 0.500. The van der Waals surface area contributed by atoms with Gasteiger partial charge in [0.05, 0.1) is 6.42 Å². The van der Waals surface area contributed by atoms with Gasteiger partial charge in [-0.05, 0) is 23.8 Å². The fraction of sp³-hybridized carbons (Fsp3) is 0.154. The summed E-state index contributed by atoms with van der Waals surface area (Å²) >= 11 is 0. The number of nitrogens with one attached hydrogen (secondary N) is 1. The zero-order valence-corrected chi connectivity index (χ0v) is 9.34. The number of hydrogen-bond acceptors (Lipinski definition) is 3. The van der Waals surface area contributed by atoms with E-state index in [1.54, 1.807) is 18.6 Å². The van der Waals surface area contributed by atoms with Gasteiger partial charge in [-0.25, -0.2) is 0 Å². The van der Waals surface area contributed by atoms with E-state index in [0.29, 0.717) is 13.0 Å². The van der Waals surface area contributed by atoms with Gasteiger partial charge in [-0.15, -0.1) is 0 Å². The number of pyridine rings is 2. The van der Waals surface area contributed by atoms with Crippen LogP contribution in [-0.4, -0.2) is 15.9 Å². The maximum absolute atomic E-state index is 11.6. The van der Waals surface area contributed by atoms with Crippen molar-refractivity contribution in [2.75, 3.05) is 0 Å². The van der Waals surface area contributed by atoms with Crippen molar-refractivity contribution in [1.82, 2.24) is 15.3 Å². The van der Waals surface area contributed by atoms with Gasteiger partial charge in [-0.3, -0.25) is 14.8 Å². The first-order valence-corrected chi connectivity index (χ1v) is 5.40. The molecule has 0 saturated heterocycles. The maximum atomic E-state index is 11.6. The van der Waals surface area contributed by atoms with Crippen LogP contribution in [0.25, 0.3) is 0 Å². The number of nitrogens with zero attached hydrogens (tertiary/aromatic N) is 2. The van der Waals surface area contributed by atoms with Crippen molar-refractivity contribution >= 4 is 5.91 Å². The number of amides is 1. The molecular formula is C13H13N3O. The number of hydrogen-bond donors (Lipinski definition) is 1. The third-order valence-electron chi connectivity index (χ3n) is 2.28. The van der Waals surface area contributed by atoms with E-state index in [2.05, 4.69) is 15.3 Å². The fourth-order valence-corrected chi connectivity index (χ4v) is 1.43. The molecule has 0 atom stereocenters. The molecule has 2 rings (SSSR count). The molecule has 1 N–H and O–H groups in total. The molecule has 2 aromatic rings. The molecule has 0 aliphatic carbocycles. The normalized spacial score (nSPS) is 9.88. The highest BCUT2D eigenvalue weighted by atomic mass is 16.1. The molecule has 0 radical (unpaired) electrons. The predicted molar refractivity (Wildman–Crippen MR) is 64.0 cm³/mol. The van der Waals surface area contributed by atoms with Crippen LogP contribution in [0, 0.1) is 0 Å². The molecule has 17 heavy (non-hydrogen) atoms. The van der Waals surface area contributed by atoms with E-state index in [0.717, 1.165) is 11.3 Å². The molecule has 0 bridgehead atoms. The molecule has 0 saturated carbocycles. The Kier molecular flexibility index (Phi) is 3.81. The van der Waals surface area contributed by atoms with Crippen LogP contribution >= 0.6 is 0 Å². The molecule has 4 heteroatoms. The average molecular weight is 227 g/mol. The van der Waals surface area contributed by atoms with Crippen LogP contribution < -0.4 is 5.32 Å². The fourth-order valence-electron chi connectivity index (χ4n) is 1.43. The van der Waals surface area contributed by atoms with Gasteiger partial charge < -0.3 is 5.32 Å². The average Bonchev–Trinajstić information content (AvgIpc) is 2.39. The van der Waals surface area contributed by atoms with Crippen molar-refractivity contribution in [1.29, 1.82) is 0 Å². The summed E-state index contributed by atoms with van der Waals surface area (Å²) in [5, 5.41) is 2.83. The van der Waals surface area contributed by atoms with Crippen molar-refractivity contribution in [3.63, 3.8) is 0 Å². The van der Waals surface area contributed by atoms with Crippen LogP contribution in [0.15, 0.2) is 48.9 Å². The van der Waals surface area contributed by atoms with Crippen LogP contribution in [0.4, 0.5) is 0 Å². The molecule has 4 nitrogen and oxygen atoms in total. The predicted octanol–water partition coefficient (Wildman–Crippen LogP) is 1.34. The lowest BCUT2D eigenvalue weighted by Gasteiger charge is -2.04. The molecule has 0 aromatic carbocycles. The summed E-state index contributed by atoms with van der Waals surface area (Å²) in [5.41, 5.74) is 1.76. The molecule has 0 unspecified atom stereocenters. The molecule has 1 amide bonds. The second kappa shape index (κ2) is 5.75. The smallest absolute Gasteiger partial charge is 0.226 e. The van der Waals surface area contributed by atoms with E-state index in [1.807, 2.05) is 30.3 Å². The van der Waals surface area contributed by atoms with Crippen molar-refractivity contribution in [2.45, 2.75) is 13.0 Å². The Morgan fingerprint density at radius 3 is 2.82 bits per heavy atom. The Hall–Kier alpha value is -2.23. The molecular weight excluding hydrogens is 214 g/mol. The van der Waals surface area contributed by atoms with Gasteiger partial charge in [0.1, 0.15) is 0 Å². The molecule has 0 aliphatic heterocycles. The van der Waals surface area contributed by atoms with E-state index in [4.69, 9.17) is 0 Å². The minimum Gasteiger partial charge on any atom is -0.352 e. The Labute approximate surface area is 99.7 Å². The second-order valence-electron chi connectivity index (χ2n) is 3.64. The van der Waals surface area contributed by atoms with E-state index in [-0.39, 0.29) is 5.91 Å². The first-order chi connectivity index (χ1) is 8.34. The van der Waals surface area contributed by atoms with Gasteiger partial charge in [0.25, 0.3) is 0 Å². The SMILES string of the molecule is O=C(Cc1ccccn1)NCc1cccnc1. The van der Waals surface area contributed by atoms with Gasteiger partial charge in [0.15, 0.2) is 0 Å². The summed E-state index contributed by atoms with van der Waals surface area (Å²) in [6.07, 6.45) is 5.44. The summed E-state index contributed by atoms with van der Waals surface area (Å²) < 4.78 is 0. The lowest BCUT2D eigenvalue weighted by atomic mass is 10.2. The van der Waals surface area contributed by atoms with E-state index in [9.17, 15) is 4.79 Å². The van der Waals surface area contributed by atoms with Gasteiger partial charge in [0, 0.05) is 30.8 Å². The van der Waals surface area contributed by atoms with Crippen molar-refractivity contribution < 1.29 is 4.79 Å². The van der Waals surface area contributed by atoms with E-state index in [1.165, 1.54) is 0 Å². The lowest BCUT2D eigenvalue weighted by Crippen LogP contribution is -2.24. The highest BCUT2D eigenvalue weighted by Gasteiger charge is 2.03. The molecule has 2 heterocycles. The van der Waals surface area contributed by atoms with Crippen molar-refractivity contribution in [2.24, 2.45) is 0 Å². The molecule has 0 spiro atoms. The van der Waals surface area contributed by atoms with Crippen LogP contribution in [0.5, 0.6) is 0 Å². The highest BCUT2D eigenvalue weighted by Crippen LogP contribution is 1.97. The number of carbonyl (C=O) groups is 1. The van der Waals surface area contributed by atoms with Crippen LogP contribution in [0.2, 0.25) is 0 Å². The molecule has 86 valence electrons. The quantitative estimate of drug-likeness (QED) is 0.857. The second-order valence-corrected chi connectivity index (χ2v) is 3.64. The minimum atomic E-state index is -0.0347. The summed E-state index contributed by atoms with van der Waals surface area (Å²) in [7, 11) is 0. The Bertz CT molecular complexity index is 471. The van der Waals surface area contributed by atoms with Crippen LogP contribution in [0.1, 0.15) is 11.3 Å². The van der Waals surface area contributed by atoms with Crippen LogP contribution in [-0.2, 0) is 17.8 Å². The number of aromatic nitrogens is 2. The zero-order valence-electron chi connectivity index (χ0n) is 9.34. The standard InChI is InChI=1S/C13H13N3O/c17-13(8-12-5-1-2-7-15-12)16-10-11-4-3-6-14-9-11/h1-7,9H,8,10H2,(H,16,17). The largest absolute Gasteiger partial charge is 0.352 e. The minimum absolute atomic E-state index is 0.0347. The first kappa shape index (κ1) is 11.3. The van der Waals surface area contributed by atoms with Gasteiger partial charge in [-0.1, -0.05) is 12.1 Å². The Balaban J connectivity index is 1.83. The van der Waals surface area contributed by atoms with E-state index >= 15 is 0 Å². The Morgan fingerprint density at radius 1 is 1.18 bits per heavy atom. The summed E-state index contributed by atoms with van der Waals surface area (Å²) in [4.78, 5) is 19.7. The molecule has 0 aliphatic rings. The zero-order chi connectivity index (χ0) is 11.9. The van der Waals surface area contributed by atoms with Crippen LogP contribution in [0.3, 0.4) is 0 Å². The number of rotatable bonds is 4. The maximum Gasteiger partial charge on any atom is 0.226 e. The van der Waals surface area contributed by atoms with Gasteiger partial charge >= 0.3 is 0 Å². The number of carbonyl (C=O) groups excluding carboxylic acids is 1. The highest BCUT2D eigenvalue weighted by molar-refractivity contribution is 5.78. The molecule has 0 fully saturated rings. The lowest BCUT2D eigenvalue weighted by molar-refractivity contribution is -0.120. The Morgan fingerprint density at radius 2 is 2.12 bits per heavy atom. The first-order valence-electron chi connectivity index (χ1n) is 5.40. The van der Waals surface area contributed by atoms with Crippen molar-refractivity contribution in [3.05, 3.63) is 60.2 Å². The third-order valence-corrected chi connectivity index (χ3v) is 2.28. The molecule has 2 aromatic heterocycles. The summed E-state index contributed by atoms with van der Waals surface area (Å²) in [5.74, 6) is -0.0347. The van der Waals surface area contributed by atoms with Crippen molar-refractivity contribution in [3.8, 4) is 0 Å². The third kappa shape index (κ3) is 3.68.